The van der Waals surface area contributed by atoms with Crippen LogP contribution in [0.5, 0.6) is 11.5 Å². The largest absolute Gasteiger partial charge is 0.755 e. The van der Waals surface area contributed by atoms with Crippen molar-refractivity contribution in [3.05, 3.63) is 109 Å². The van der Waals surface area contributed by atoms with Crippen LogP contribution in [0, 0.1) is 0 Å². The second-order valence-electron chi connectivity index (χ2n) is 7.79. The Labute approximate surface area is 212 Å². The molecule has 4 aromatic rings. The predicted molar refractivity (Wildman–Crippen MR) is 138 cm³/mol. The Morgan fingerprint density at radius 1 is 0.750 bits per heavy atom. The van der Waals surface area contributed by atoms with Crippen LogP contribution in [-0.4, -0.2) is 33.1 Å². The lowest BCUT2D eigenvalue weighted by Gasteiger charge is -2.26. The van der Waals surface area contributed by atoms with Crippen molar-refractivity contribution in [3.63, 3.8) is 0 Å². The SMILES string of the molecule is O=C(O)Cc1ccccc1OCCOc1ccc(N(c2ccc(-c3ccccc3)cc2)S(=O)[O-])cc1. The topological polar surface area (TPSA) is 99.1 Å². The van der Waals surface area contributed by atoms with Crippen LogP contribution in [0.25, 0.3) is 11.1 Å². The second-order valence-corrected chi connectivity index (χ2v) is 8.59. The molecule has 7 nitrogen and oxygen atoms in total. The van der Waals surface area contributed by atoms with Crippen molar-refractivity contribution in [1.29, 1.82) is 0 Å². The summed E-state index contributed by atoms with van der Waals surface area (Å²) in [4.78, 5) is 11.0. The quantitative estimate of drug-likeness (QED) is 0.219. The number of carbonyl (C=O) groups is 1. The van der Waals surface area contributed by atoms with E-state index < -0.39 is 17.2 Å². The molecule has 4 rings (SSSR count). The highest BCUT2D eigenvalue weighted by molar-refractivity contribution is 7.81. The molecule has 1 atom stereocenters. The number of ether oxygens (including phenoxy) is 2. The summed E-state index contributed by atoms with van der Waals surface area (Å²) in [6.07, 6.45) is -0.120. The van der Waals surface area contributed by atoms with E-state index in [0.717, 1.165) is 11.1 Å². The van der Waals surface area contributed by atoms with Crippen LogP contribution < -0.4 is 13.8 Å². The molecule has 1 unspecified atom stereocenters. The molecule has 0 aliphatic heterocycles. The van der Waals surface area contributed by atoms with Crippen molar-refractivity contribution in [2.45, 2.75) is 6.42 Å². The number of hydrogen-bond donors (Lipinski definition) is 1. The molecule has 1 N–H and O–H groups in total. The predicted octanol–water partition coefficient (Wildman–Crippen LogP) is 5.37. The molecule has 0 amide bonds. The number of anilines is 2. The van der Waals surface area contributed by atoms with Gasteiger partial charge in [0, 0.05) is 5.56 Å². The number of carboxylic acids is 1. The third kappa shape index (κ3) is 6.50. The lowest BCUT2D eigenvalue weighted by atomic mass is 10.1. The first-order valence-electron chi connectivity index (χ1n) is 11.2. The third-order valence-corrected chi connectivity index (χ3v) is 6.07. The van der Waals surface area contributed by atoms with E-state index in [2.05, 4.69) is 0 Å². The van der Waals surface area contributed by atoms with Crippen LogP contribution in [0.15, 0.2) is 103 Å². The normalized spacial score (nSPS) is 11.5. The fourth-order valence-corrected chi connectivity index (χ4v) is 4.27. The first kappa shape index (κ1) is 25.0. The lowest BCUT2D eigenvalue weighted by Crippen LogP contribution is -2.19. The molecule has 4 aromatic carbocycles. The van der Waals surface area contributed by atoms with Crippen molar-refractivity contribution in [2.75, 3.05) is 17.5 Å². The third-order valence-electron chi connectivity index (χ3n) is 5.35. The zero-order valence-electron chi connectivity index (χ0n) is 19.3. The molecule has 0 aromatic heterocycles. The van der Waals surface area contributed by atoms with Crippen LogP contribution >= 0.6 is 0 Å². The minimum atomic E-state index is -2.52. The summed E-state index contributed by atoms with van der Waals surface area (Å²) in [7, 11) is 0. The first-order valence-corrected chi connectivity index (χ1v) is 12.2. The number of hydrogen-bond acceptors (Lipinski definition) is 5. The highest BCUT2D eigenvalue weighted by atomic mass is 32.2. The van der Waals surface area contributed by atoms with Crippen LogP contribution in [0.1, 0.15) is 5.56 Å². The summed E-state index contributed by atoms with van der Waals surface area (Å²) in [6.45, 7) is 0.460. The molecular weight excluding hydrogens is 478 g/mol. The number of para-hydroxylation sites is 1. The Kier molecular flexibility index (Phi) is 8.33. The standard InChI is InChI=1S/C28H25NO6S/c30-28(31)20-23-8-4-5-9-27(23)35-19-18-34-26-16-14-25(15-17-26)29(36(32)33)24-12-10-22(11-13-24)21-6-2-1-3-7-21/h1-17H,18-20H2,(H,30,31)(H,32,33)/p-1. The zero-order valence-corrected chi connectivity index (χ0v) is 20.1. The molecule has 8 heteroatoms. The van der Waals surface area contributed by atoms with Gasteiger partial charge < -0.3 is 19.1 Å². The molecule has 0 aliphatic carbocycles. The van der Waals surface area contributed by atoms with Gasteiger partial charge in [0.2, 0.25) is 0 Å². The highest BCUT2D eigenvalue weighted by Gasteiger charge is 2.11. The Balaban J connectivity index is 1.37. The second kappa shape index (κ2) is 12.0. The van der Waals surface area contributed by atoms with E-state index in [-0.39, 0.29) is 19.6 Å². The minimum absolute atomic E-state index is 0.120. The maximum absolute atomic E-state index is 12.0. The smallest absolute Gasteiger partial charge is 0.307 e. The van der Waals surface area contributed by atoms with E-state index >= 15 is 0 Å². The highest BCUT2D eigenvalue weighted by Crippen LogP contribution is 2.30. The van der Waals surface area contributed by atoms with E-state index in [4.69, 9.17) is 14.6 Å². The van der Waals surface area contributed by atoms with E-state index in [0.29, 0.717) is 28.4 Å². The molecule has 0 saturated carbocycles. The molecule has 0 spiro atoms. The maximum atomic E-state index is 12.0. The zero-order chi connectivity index (χ0) is 25.3. The first-order chi connectivity index (χ1) is 17.5. The van der Waals surface area contributed by atoms with Gasteiger partial charge in [-0.25, -0.2) is 0 Å². The molecule has 36 heavy (non-hydrogen) atoms. The molecule has 0 fully saturated rings. The Bertz CT molecular complexity index is 1310. The van der Waals surface area contributed by atoms with Crippen LogP contribution in [0.2, 0.25) is 0 Å². The molecule has 0 aliphatic rings. The van der Waals surface area contributed by atoms with Crippen molar-refractivity contribution in [2.24, 2.45) is 0 Å². The lowest BCUT2D eigenvalue weighted by molar-refractivity contribution is -0.136. The van der Waals surface area contributed by atoms with Crippen LogP contribution in [0.3, 0.4) is 0 Å². The molecule has 0 saturated heterocycles. The summed E-state index contributed by atoms with van der Waals surface area (Å²) in [5.74, 6) is 0.130. The van der Waals surface area contributed by atoms with E-state index in [9.17, 15) is 13.6 Å². The van der Waals surface area contributed by atoms with Crippen molar-refractivity contribution >= 4 is 28.6 Å². The van der Waals surface area contributed by atoms with Gasteiger partial charge in [-0.3, -0.25) is 13.3 Å². The van der Waals surface area contributed by atoms with Crippen LogP contribution in [0.4, 0.5) is 11.4 Å². The molecule has 184 valence electrons. The van der Waals surface area contributed by atoms with Gasteiger partial charge in [0.15, 0.2) is 0 Å². The molecular formula is C28H24NO6S-. The Morgan fingerprint density at radius 3 is 1.94 bits per heavy atom. The van der Waals surface area contributed by atoms with E-state index in [1.165, 1.54) is 4.31 Å². The molecule has 0 bridgehead atoms. The number of benzene rings is 4. The maximum Gasteiger partial charge on any atom is 0.307 e. The van der Waals surface area contributed by atoms with Gasteiger partial charge in [0.05, 0.1) is 29.1 Å². The monoisotopic (exact) mass is 502 g/mol. The van der Waals surface area contributed by atoms with Gasteiger partial charge >= 0.3 is 5.97 Å². The van der Waals surface area contributed by atoms with Gasteiger partial charge in [0.25, 0.3) is 0 Å². The number of rotatable bonds is 11. The summed E-state index contributed by atoms with van der Waals surface area (Å²) >= 11 is -2.52. The van der Waals surface area contributed by atoms with Crippen molar-refractivity contribution in [1.82, 2.24) is 0 Å². The van der Waals surface area contributed by atoms with Gasteiger partial charge in [-0.2, -0.15) is 0 Å². The fourth-order valence-electron chi connectivity index (χ4n) is 3.68. The van der Waals surface area contributed by atoms with Gasteiger partial charge in [-0.1, -0.05) is 60.7 Å². The van der Waals surface area contributed by atoms with Gasteiger partial charge in [-0.15, -0.1) is 0 Å². The average Bonchev–Trinajstić information content (AvgIpc) is 2.89. The van der Waals surface area contributed by atoms with E-state index in [1.54, 1.807) is 60.7 Å². The number of aliphatic carboxylic acids is 1. The minimum Gasteiger partial charge on any atom is -0.755 e. The summed E-state index contributed by atoms with van der Waals surface area (Å²) in [5, 5.41) is 9.02. The summed E-state index contributed by atoms with van der Waals surface area (Å²) < 4.78 is 36.6. The Hall–Kier alpha value is -4.14. The fraction of sp³-hybridized carbons (Fsp3) is 0.107. The average molecular weight is 503 g/mol. The summed E-state index contributed by atoms with van der Waals surface area (Å²) in [5.41, 5.74) is 3.63. The summed E-state index contributed by atoms with van der Waals surface area (Å²) in [6, 6.07) is 30.8. The van der Waals surface area contributed by atoms with Crippen molar-refractivity contribution in [3.8, 4) is 22.6 Å². The Morgan fingerprint density at radius 2 is 1.31 bits per heavy atom. The van der Waals surface area contributed by atoms with Gasteiger partial charge in [-0.05, 0) is 53.6 Å². The molecule has 0 radical (unpaired) electrons. The van der Waals surface area contributed by atoms with Crippen molar-refractivity contribution < 1.29 is 28.1 Å². The number of nitrogens with zero attached hydrogens (tertiary/aromatic N) is 1. The molecule has 0 heterocycles. The van der Waals surface area contributed by atoms with E-state index in [1.807, 2.05) is 42.5 Å². The van der Waals surface area contributed by atoms with Gasteiger partial charge in [0.1, 0.15) is 24.7 Å². The number of carboxylic acid groups (broad SMARTS) is 1. The van der Waals surface area contributed by atoms with Crippen LogP contribution in [-0.2, 0) is 22.5 Å².